The molecule has 0 aliphatic carbocycles. The SMILES string of the molecule is Cn1c(C2CCN(C(=O)c3ccc(C(F)(F)F)cc3)CC2)cc2ccccc21. The van der Waals surface area contributed by atoms with Gasteiger partial charge in [0, 0.05) is 42.8 Å². The predicted octanol–water partition coefficient (Wildman–Crippen LogP) is 5.22. The number of halogens is 3. The number of carbonyl (C=O) groups is 1. The van der Waals surface area contributed by atoms with Crippen molar-refractivity contribution in [2.75, 3.05) is 13.1 Å². The summed E-state index contributed by atoms with van der Waals surface area (Å²) < 4.78 is 40.3. The highest BCUT2D eigenvalue weighted by molar-refractivity contribution is 5.94. The van der Waals surface area contributed by atoms with Crippen LogP contribution in [-0.4, -0.2) is 28.5 Å². The van der Waals surface area contributed by atoms with Gasteiger partial charge in [-0.25, -0.2) is 0 Å². The molecule has 4 rings (SSSR count). The summed E-state index contributed by atoms with van der Waals surface area (Å²) in [5.74, 6) is 0.165. The Bertz CT molecular complexity index is 997. The molecule has 0 spiro atoms. The summed E-state index contributed by atoms with van der Waals surface area (Å²) >= 11 is 0. The van der Waals surface area contributed by atoms with E-state index < -0.39 is 11.7 Å². The maximum absolute atomic E-state index is 12.7. The lowest BCUT2D eigenvalue weighted by Gasteiger charge is -2.32. The van der Waals surface area contributed by atoms with Gasteiger partial charge in [-0.05, 0) is 54.6 Å². The van der Waals surface area contributed by atoms with Crippen LogP contribution < -0.4 is 0 Å². The first kappa shape index (κ1) is 18.6. The summed E-state index contributed by atoms with van der Waals surface area (Å²) in [5.41, 5.74) is 2.03. The average Bonchev–Trinajstić information content (AvgIpc) is 3.04. The third-order valence-corrected chi connectivity index (χ3v) is 5.65. The molecule has 3 nitrogen and oxygen atoms in total. The first-order valence-corrected chi connectivity index (χ1v) is 9.35. The van der Waals surface area contributed by atoms with Crippen LogP contribution in [0.25, 0.3) is 10.9 Å². The number of aromatic nitrogens is 1. The number of benzene rings is 2. The molecule has 3 aromatic rings. The zero-order valence-electron chi connectivity index (χ0n) is 15.5. The van der Waals surface area contributed by atoms with Crippen LogP contribution in [0.1, 0.15) is 40.4 Å². The number of carbonyl (C=O) groups excluding carboxylic acids is 1. The van der Waals surface area contributed by atoms with Gasteiger partial charge in [-0.1, -0.05) is 18.2 Å². The van der Waals surface area contributed by atoms with E-state index >= 15 is 0 Å². The van der Waals surface area contributed by atoms with Crippen molar-refractivity contribution in [3.8, 4) is 0 Å². The second-order valence-electron chi connectivity index (χ2n) is 7.33. The number of piperidine rings is 1. The van der Waals surface area contributed by atoms with Crippen LogP contribution in [-0.2, 0) is 13.2 Å². The number of hydrogen-bond acceptors (Lipinski definition) is 1. The van der Waals surface area contributed by atoms with Gasteiger partial charge in [-0.15, -0.1) is 0 Å². The van der Waals surface area contributed by atoms with Gasteiger partial charge in [-0.2, -0.15) is 13.2 Å². The highest BCUT2D eigenvalue weighted by Crippen LogP contribution is 2.33. The molecule has 28 heavy (non-hydrogen) atoms. The van der Waals surface area contributed by atoms with Crippen LogP contribution in [0.5, 0.6) is 0 Å². The van der Waals surface area contributed by atoms with E-state index in [1.54, 1.807) is 4.90 Å². The highest BCUT2D eigenvalue weighted by atomic mass is 19.4. The monoisotopic (exact) mass is 386 g/mol. The topological polar surface area (TPSA) is 25.2 Å². The molecule has 0 atom stereocenters. The number of aryl methyl sites for hydroxylation is 1. The fraction of sp³-hybridized carbons (Fsp3) is 0.318. The molecule has 1 aliphatic rings. The van der Waals surface area contributed by atoms with Crippen molar-refractivity contribution in [2.24, 2.45) is 7.05 Å². The highest BCUT2D eigenvalue weighted by Gasteiger charge is 2.31. The lowest BCUT2D eigenvalue weighted by Crippen LogP contribution is -2.38. The molecule has 0 saturated carbocycles. The Labute approximate surface area is 161 Å². The largest absolute Gasteiger partial charge is 0.416 e. The molecule has 1 aliphatic heterocycles. The molecule has 6 heteroatoms. The molecule has 0 bridgehead atoms. The molecule has 0 radical (unpaired) electrons. The maximum Gasteiger partial charge on any atom is 0.416 e. The van der Waals surface area contributed by atoms with Crippen LogP contribution in [0.15, 0.2) is 54.6 Å². The summed E-state index contributed by atoms with van der Waals surface area (Å²) in [6.45, 7) is 1.21. The number of alkyl halides is 3. The van der Waals surface area contributed by atoms with Crippen molar-refractivity contribution in [3.05, 3.63) is 71.4 Å². The van der Waals surface area contributed by atoms with E-state index in [4.69, 9.17) is 0 Å². The third kappa shape index (κ3) is 3.39. The van der Waals surface area contributed by atoms with Gasteiger partial charge >= 0.3 is 6.18 Å². The maximum atomic E-state index is 12.7. The fourth-order valence-electron chi connectivity index (χ4n) is 4.06. The second kappa shape index (κ2) is 7.00. The Morgan fingerprint density at radius 2 is 1.64 bits per heavy atom. The molecule has 0 N–H and O–H groups in total. The van der Waals surface area contributed by atoms with E-state index in [-0.39, 0.29) is 5.91 Å². The van der Waals surface area contributed by atoms with E-state index in [9.17, 15) is 18.0 Å². The fourth-order valence-corrected chi connectivity index (χ4v) is 4.06. The van der Waals surface area contributed by atoms with E-state index in [0.29, 0.717) is 24.6 Å². The standard InChI is InChI=1S/C22H21F3N2O/c1-26-19-5-3-2-4-17(19)14-20(26)15-10-12-27(13-11-15)21(28)16-6-8-18(9-7-16)22(23,24)25/h2-9,14-15H,10-13H2,1H3. The van der Waals surface area contributed by atoms with Crippen LogP contribution in [0.4, 0.5) is 13.2 Å². The summed E-state index contributed by atoms with van der Waals surface area (Å²) in [6.07, 6.45) is -2.70. The molecule has 1 aromatic heterocycles. The minimum Gasteiger partial charge on any atom is -0.347 e. The Kier molecular flexibility index (Phi) is 4.65. The molecule has 1 saturated heterocycles. The van der Waals surface area contributed by atoms with Gasteiger partial charge in [0.05, 0.1) is 5.56 Å². The van der Waals surface area contributed by atoms with Crippen molar-refractivity contribution in [1.29, 1.82) is 0 Å². The van der Waals surface area contributed by atoms with E-state index in [1.165, 1.54) is 28.7 Å². The van der Waals surface area contributed by atoms with Crippen LogP contribution in [0.2, 0.25) is 0 Å². The second-order valence-corrected chi connectivity index (χ2v) is 7.33. The summed E-state index contributed by atoms with van der Waals surface area (Å²) in [5, 5.41) is 1.21. The van der Waals surface area contributed by atoms with Crippen molar-refractivity contribution in [1.82, 2.24) is 9.47 Å². The molecular weight excluding hydrogens is 365 g/mol. The minimum absolute atomic E-state index is 0.204. The van der Waals surface area contributed by atoms with Gasteiger partial charge in [0.15, 0.2) is 0 Å². The van der Waals surface area contributed by atoms with Crippen LogP contribution in [0.3, 0.4) is 0 Å². The molecule has 146 valence electrons. The van der Waals surface area contributed by atoms with Gasteiger partial charge in [-0.3, -0.25) is 4.79 Å². The first-order valence-electron chi connectivity index (χ1n) is 9.35. The van der Waals surface area contributed by atoms with Crippen molar-refractivity contribution < 1.29 is 18.0 Å². The minimum atomic E-state index is -4.39. The Balaban J connectivity index is 1.45. The Morgan fingerprint density at radius 3 is 2.25 bits per heavy atom. The summed E-state index contributed by atoms with van der Waals surface area (Å²) in [6, 6.07) is 14.9. The molecule has 0 unspecified atom stereocenters. The normalized spacial score (nSPS) is 15.9. The Morgan fingerprint density at radius 1 is 1.00 bits per heavy atom. The third-order valence-electron chi connectivity index (χ3n) is 5.65. The number of amides is 1. The number of rotatable bonds is 2. The van der Waals surface area contributed by atoms with E-state index in [0.717, 1.165) is 25.0 Å². The zero-order chi connectivity index (χ0) is 19.9. The molecular formula is C22H21F3N2O. The first-order chi connectivity index (χ1) is 13.3. The van der Waals surface area contributed by atoms with Gasteiger partial charge < -0.3 is 9.47 Å². The van der Waals surface area contributed by atoms with Crippen molar-refractivity contribution in [2.45, 2.75) is 24.9 Å². The molecule has 1 amide bonds. The summed E-state index contributed by atoms with van der Waals surface area (Å²) in [4.78, 5) is 14.4. The smallest absolute Gasteiger partial charge is 0.347 e. The van der Waals surface area contributed by atoms with E-state index in [2.05, 4.69) is 29.8 Å². The van der Waals surface area contributed by atoms with Gasteiger partial charge in [0.25, 0.3) is 5.91 Å². The molecule has 2 heterocycles. The molecule has 1 fully saturated rings. The van der Waals surface area contributed by atoms with Crippen molar-refractivity contribution in [3.63, 3.8) is 0 Å². The number of likely N-dealkylation sites (tertiary alicyclic amines) is 1. The Hall–Kier alpha value is -2.76. The van der Waals surface area contributed by atoms with E-state index in [1.807, 2.05) is 12.1 Å². The van der Waals surface area contributed by atoms with Crippen LogP contribution >= 0.6 is 0 Å². The van der Waals surface area contributed by atoms with Gasteiger partial charge in [0.1, 0.15) is 0 Å². The number of fused-ring (bicyclic) bond motifs is 1. The summed E-state index contributed by atoms with van der Waals surface area (Å²) in [7, 11) is 2.07. The lowest BCUT2D eigenvalue weighted by molar-refractivity contribution is -0.137. The van der Waals surface area contributed by atoms with Crippen LogP contribution in [0, 0.1) is 0 Å². The quantitative estimate of drug-likeness (QED) is 0.593. The number of para-hydroxylation sites is 1. The van der Waals surface area contributed by atoms with Crippen molar-refractivity contribution >= 4 is 16.8 Å². The van der Waals surface area contributed by atoms with Gasteiger partial charge in [0.2, 0.25) is 0 Å². The lowest BCUT2D eigenvalue weighted by atomic mass is 9.93. The average molecular weight is 386 g/mol. The predicted molar refractivity (Wildman–Crippen MR) is 102 cm³/mol. The number of hydrogen-bond donors (Lipinski definition) is 0. The zero-order valence-corrected chi connectivity index (χ0v) is 15.5. The number of nitrogens with zero attached hydrogens (tertiary/aromatic N) is 2. The molecule has 2 aromatic carbocycles.